The topological polar surface area (TPSA) is 26.3 Å². The predicted molar refractivity (Wildman–Crippen MR) is 145 cm³/mol. The van der Waals surface area contributed by atoms with Crippen LogP contribution in [0.15, 0.2) is 84.9 Å². The monoisotopic (exact) mass is 484 g/mol. The third kappa shape index (κ3) is 6.94. The van der Waals surface area contributed by atoms with Crippen molar-refractivity contribution in [2.45, 2.75) is 70.6 Å². The minimum absolute atomic E-state index is 0.236. The Hall–Kier alpha value is -3.20. The lowest BCUT2D eigenvalue weighted by molar-refractivity contribution is 0.0734. The van der Waals surface area contributed by atoms with Crippen LogP contribution >= 0.6 is 0 Å². The van der Waals surface area contributed by atoms with Gasteiger partial charge in [-0.25, -0.2) is 9.18 Å². The molecule has 0 amide bonds. The summed E-state index contributed by atoms with van der Waals surface area (Å²) in [5, 5.41) is 0. The van der Waals surface area contributed by atoms with Crippen LogP contribution in [0.3, 0.4) is 0 Å². The molecule has 1 aliphatic carbocycles. The highest BCUT2D eigenvalue weighted by Crippen LogP contribution is 2.39. The van der Waals surface area contributed by atoms with Crippen molar-refractivity contribution in [2.24, 2.45) is 5.92 Å². The fourth-order valence-electron chi connectivity index (χ4n) is 5.41. The molecule has 3 heteroatoms. The first-order valence-electron chi connectivity index (χ1n) is 13.3. The average Bonchev–Trinajstić information content (AvgIpc) is 2.91. The fraction of sp³-hybridized carbons (Fsp3) is 0.364. The minimum Gasteiger partial charge on any atom is -0.423 e. The molecule has 1 saturated carbocycles. The molecule has 0 aliphatic heterocycles. The van der Waals surface area contributed by atoms with Gasteiger partial charge in [-0.1, -0.05) is 67.6 Å². The van der Waals surface area contributed by atoms with E-state index in [0.29, 0.717) is 29.4 Å². The fourth-order valence-corrected chi connectivity index (χ4v) is 5.41. The van der Waals surface area contributed by atoms with E-state index in [1.54, 1.807) is 12.1 Å². The van der Waals surface area contributed by atoms with Crippen molar-refractivity contribution >= 4 is 5.97 Å². The third-order valence-corrected chi connectivity index (χ3v) is 7.57. The third-order valence-electron chi connectivity index (χ3n) is 7.57. The van der Waals surface area contributed by atoms with Gasteiger partial charge in [0, 0.05) is 6.07 Å². The van der Waals surface area contributed by atoms with Crippen molar-refractivity contribution in [3.63, 3.8) is 0 Å². The molecule has 1 aliphatic rings. The number of carbonyl (C=O) groups is 1. The molecule has 0 aromatic heterocycles. The lowest BCUT2D eigenvalue weighted by Crippen LogP contribution is -2.15. The van der Waals surface area contributed by atoms with E-state index in [1.165, 1.54) is 49.3 Å². The molecule has 36 heavy (non-hydrogen) atoms. The lowest BCUT2D eigenvalue weighted by atomic mass is 9.75. The number of ether oxygens (including phenoxy) is 1. The summed E-state index contributed by atoms with van der Waals surface area (Å²) in [6.07, 6.45) is 11.5. The maximum Gasteiger partial charge on any atom is 0.343 e. The molecule has 0 saturated heterocycles. The average molecular weight is 485 g/mol. The van der Waals surface area contributed by atoms with Gasteiger partial charge in [0.15, 0.2) is 0 Å². The molecule has 188 valence electrons. The Kier molecular flexibility index (Phi) is 9.11. The van der Waals surface area contributed by atoms with Crippen LogP contribution in [0.5, 0.6) is 5.75 Å². The number of rotatable bonds is 9. The Bertz CT molecular complexity index is 1140. The highest BCUT2D eigenvalue weighted by Gasteiger charge is 2.24. The molecule has 2 nitrogen and oxygen atoms in total. The molecule has 3 aromatic rings. The molecule has 0 spiro atoms. The van der Waals surface area contributed by atoms with E-state index in [4.69, 9.17) is 4.74 Å². The summed E-state index contributed by atoms with van der Waals surface area (Å²) in [6.45, 7) is 4.29. The molecular weight excluding hydrogens is 447 g/mol. The summed E-state index contributed by atoms with van der Waals surface area (Å²) in [5.74, 6) is 1.36. The van der Waals surface area contributed by atoms with Gasteiger partial charge in [0.05, 0.1) is 5.56 Å². The first kappa shape index (κ1) is 25.9. The standard InChI is InChI=1S/C33H37FO2/c1-3-4-6-11-29-20-21-31(23-32(29)34)36-33(35)30-18-16-28(17-19-30)27-14-12-25(13-15-27)22-24(2)26-9-7-5-8-10-26/h3-5,7-10,16-21,23-25,27H,6,11-15,22H2,1-2H3/t24-,25?,27?/m1/s1. The molecular formula is C33H37FO2. The van der Waals surface area contributed by atoms with E-state index in [2.05, 4.69) is 49.4 Å². The van der Waals surface area contributed by atoms with Crippen LogP contribution in [0.1, 0.15) is 91.3 Å². The Morgan fingerprint density at radius 1 is 1.00 bits per heavy atom. The van der Waals surface area contributed by atoms with Gasteiger partial charge in [0.25, 0.3) is 0 Å². The van der Waals surface area contributed by atoms with Crippen molar-refractivity contribution in [1.82, 2.24) is 0 Å². The zero-order valence-corrected chi connectivity index (χ0v) is 21.5. The van der Waals surface area contributed by atoms with Gasteiger partial charge in [0.2, 0.25) is 0 Å². The van der Waals surface area contributed by atoms with E-state index in [9.17, 15) is 9.18 Å². The molecule has 4 rings (SSSR count). The van der Waals surface area contributed by atoms with Crippen LogP contribution in [0.4, 0.5) is 4.39 Å². The molecule has 0 unspecified atom stereocenters. The van der Waals surface area contributed by atoms with Crippen LogP contribution < -0.4 is 4.74 Å². The lowest BCUT2D eigenvalue weighted by Gasteiger charge is -2.30. The minimum atomic E-state index is -0.457. The smallest absolute Gasteiger partial charge is 0.343 e. The quantitative estimate of drug-likeness (QED) is 0.172. The van der Waals surface area contributed by atoms with E-state index in [0.717, 1.165) is 12.3 Å². The van der Waals surface area contributed by atoms with E-state index < -0.39 is 5.97 Å². The summed E-state index contributed by atoms with van der Waals surface area (Å²) in [5.41, 5.74) is 3.84. The van der Waals surface area contributed by atoms with Crippen LogP contribution in [0, 0.1) is 11.7 Å². The Morgan fingerprint density at radius 2 is 1.72 bits per heavy atom. The largest absolute Gasteiger partial charge is 0.423 e. The molecule has 0 heterocycles. The van der Waals surface area contributed by atoms with Gasteiger partial charge in [-0.2, -0.15) is 0 Å². The zero-order chi connectivity index (χ0) is 25.3. The summed E-state index contributed by atoms with van der Waals surface area (Å²) in [4.78, 5) is 12.6. The van der Waals surface area contributed by atoms with Crippen molar-refractivity contribution in [1.29, 1.82) is 0 Å². The number of hydrogen-bond acceptors (Lipinski definition) is 2. The second kappa shape index (κ2) is 12.7. The first-order valence-corrected chi connectivity index (χ1v) is 13.3. The predicted octanol–water partition coefficient (Wildman–Crippen LogP) is 9.02. The van der Waals surface area contributed by atoms with Gasteiger partial charge in [-0.05, 0) is 105 Å². The van der Waals surface area contributed by atoms with Crippen LogP contribution in [-0.4, -0.2) is 5.97 Å². The number of hydrogen-bond donors (Lipinski definition) is 0. The SMILES string of the molecule is CC=CCCc1ccc(OC(=O)c2ccc(C3CCC(C[C@@H](C)c4ccccc4)CC3)cc2)cc1F. The summed E-state index contributed by atoms with van der Waals surface area (Å²) in [7, 11) is 0. The van der Waals surface area contributed by atoms with Gasteiger partial charge in [-0.3, -0.25) is 0 Å². The van der Waals surface area contributed by atoms with Crippen molar-refractivity contribution in [3.05, 3.63) is 113 Å². The molecule has 1 atom stereocenters. The second-order valence-corrected chi connectivity index (χ2v) is 10.1. The van der Waals surface area contributed by atoms with E-state index in [1.807, 2.05) is 31.2 Å². The van der Waals surface area contributed by atoms with E-state index in [-0.39, 0.29) is 11.6 Å². The number of carbonyl (C=O) groups excluding carboxylic acids is 1. The molecule has 3 aromatic carbocycles. The highest BCUT2D eigenvalue weighted by molar-refractivity contribution is 5.91. The number of esters is 1. The maximum absolute atomic E-state index is 14.4. The number of aryl methyl sites for hydroxylation is 1. The molecule has 1 fully saturated rings. The zero-order valence-electron chi connectivity index (χ0n) is 21.5. The molecule has 0 radical (unpaired) electrons. The van der Waals surface area contributed by atoms with Crippen molar-refractivity contribution < 1.29 is 13.9 Å². The van der Waals surface area contributed by atoms with Gasteiger partial charge >= 0.3 is 5.97 Å². The molecule has 0 N–H and O–H groups in total. The van der Waals surface area contributed by atoms with E-state index >= 15 is 0 Å². The Balaban J connectivity index is 1.27. The molecule has 0 bridgehead atoms. The van der Waals surface area contributed by atoms with Crippen LogP contribution in [-0.2, 0) is 6.42 Å². The van der Waals surface area contributed by atoms with Gasteiger partial charge in [-0.15, -0.1) is 0 Å². The number of benzene rings is 3. The van der Waals surface area contributed by atoms with Crippen molar-refractivity contribution in [2.75, 3.05) is 0 Å². The van der Waals surface area contributed by atoms with Crippen molar-refractivity contribution in [3.8, 4) is 5.75 Å². The Morgan fingerprint density at radius 3 is 2.39 bits per heavy atom. The highest BCUT2D eigenvalue weighted by atomic mass is 19.1. The first-order chi connectivity index (χ1) is 17.5. The second-order valence-electron chi connectivity index (χ2n) is 10.1. The summed E-state index contributed by atoms with van der Waals surface area (Å²) < 4.78 is 19.8. The maximum atomic E-state index is 14.4. The number of allylic oxidation sites excluding steroid dienone is 2. The van der Waals surface area contributed by atoms with Gasteiger partial charge < -0.3 is 4.74 Å². The Labute approximate surface area is 215 Å². The van der Waals surface area contributed by atoms with Gasteiger partial charge in [0.1, 0.15) is 11.6 Å². The number of halogens is 1. The van der Waals surface area contributed by atoms with Crippen LogP contribution in [0.2, 0.25) is 0 Å². The summed E-state index contributed by atoms with van der Waals surface area (Å²) in [6, 6.07) is 23.3. The summed E-state index contributed by atoms with van der Waals surface area (Å²) >= 11 is 0. The normalized spacial score (nSPS) is 18.8. The van der Waals surface area contributed by atoms with Crippen LogP contribution in [0.25, 0.3) is 0 Å².